The quantitative estimate of drug-likeness (QED) is 0.414. The van der Waals surface area contributed by atoms with Crippen molar-refractivity contribution in [2.45, 2.75) is 46.6 Å². The number of hydrogen-bond acceptors (Lipinski definition) is 4. The number of carbonyl (C=O) groups excluding carboxylic acids is 2. The lowest BCUT2D eigenvalue weighted by Crippen LogP contribution is -2.41. The Morgan fingerprint density at radius 1 is 1.17 bits per heavy atom. The summed E-state index contributed by atoms with van der Waals surface area (Å²) in [5.41, 5.74) is -0.484. The number of esters is 1. The minimum Gasteiger partial charge on any atom is -0.460 e. The van der Waals surface area contributed by atoms with Crippen molar-refractivity contribution < 1.29 is 14.3 Å². The van der Waals surface area contributed by atoms with E-state index in [2.05, 4.69) is 29.5 Å². The Labute approximate surface area is 139 Å². The van der Waals surface area contributed by atoms with Crippen LogP contribution in [0, 0.1) is 5.92 Å². The summed E-state index contributed by atoms with van der Waals surface area (Å²) >= 11 is 0. The highest BCUT2D eigenvalue weighted by molar-refractivity contribution is 5.85. The smallest absolute Gasteiger partial charge is 0.308 e. The number of amides is 1. The van der Waals surface area contributed by atoms with Crippen LogP contribution in [0.2, 0.25) is 0 Å². The highest BCUT2D eigenvalue weighted by Crippen LogP contribution is 2.07. The number of nitrogens with one attached hydrogen (secondary N) is 2. The Bertz CT molecular complexity index is 412. The van der Waals surface area contributed by atoms with Crippen molar-refractivity contribution in [2.24, 2.45) is 10.9 Å². The zero-order valence-corrected chi connectivity index (χ0v) is 15.5. The van der Waals surface area contributed by atoms with Crippen molar-refractivity contribution in [3.05, 3.63) is 0 Å². The monoisotopic (exact) mass is 328 g/mol. The van der Waals surface area contributed by atoms with E-state index in [0.29, 0.717) is 18.4 Å². The fourth-order valence-electron chi connectivity index (χ4n) is 1.44. The van der Waals surface area contributed by atoms with Crippen LogP contribution < -0.4 is 10.6 Å². The molecule has 23 heavy (non-hydrogen) atoms. The number of hydrogen-bond donors (Lipinski definition) is 2. The first-order valence-corrected chi connectivity index (χ1v) is 7.95. The van der Waals surface area contributed by atoms with Crippen LogP contribution in [0.1, 0.15) is 41.0 Å². The maximum atomic E-state index is 11.7. The maximum Gasteiger partial charge on any atom is 0.308 e. The molecule has 0 unspecified atom stereocenters. The third kappa shape index (κ3) is 12.4. The van der Waals surface area contributed by atoms with Crippen LogP contribution in [0.15, 0.2) is 4.99 Å². The second-order valence-electron chi connectivity index (χ2n) is 6.99. The van der Waals surface area contributed by atoms with Crippen LogP contribution in [-0.4, -0.2) is 62.1 Å². The van der Waals surface area contributed by atoms with E-state index in [0.717, 1.165) is 6.54 Å². The third-order valence-electron chi connectivity index (χ3n) is 2.59. The highest BCUT2D eigenvalue weighted by atomic mass is 16.6. The molecule has 0 rings (SSSR count). The topological polar surface area (TPSA) is 83.0 Å². The molecule has 0 aliphatic rings. The van der Waals surface area contributed by atoms with Gasteiger partial charge < -0.3 is 20.3 Å². The Morgan fingerprint density at radius 2 is 1.78 bits per heavy atom. The standard InChI is InChI=1S/C16H32N4O3/c1-12(2)10-18-15(19-11-13(21)20(6)7)17-9-8-14(22)23-16(3,4)5/h12H,8-11H2,1-7H3,(H2,17,18,19). The van der Waals surface area contributed by atoms with Gasteiger partial charge in [0, 0.05) is 27.2 Å². The summed E-state index contributed by atoms with van der Waals surface area (Å²) in [6.07, 6.45) is 0.237. The molecular formula is C16H32N4O3. The average Bonchev–Trinajstić information content (AvgIpc) is 2.38. The molecule has 2 N–H and O–H groups in total. The summed E-state index contributed by atoms with van der Waals surface area (Å²) in [6, 6.07) is 0. The number of guanidine groups is 1. The van der Waals surface area contributed by atoms with Gasteiger partial charge in [0.05, 0.1) is 6.42 Å². The van der Waals surface area contributed by atoms with Crippen molar-refractivity contribution in [2.75, 3.05) is 33.7 Å². The van der Waals surface area contributed by atoms with Crippen molar-refractivity contribution >= 4 is 17.8 Å². The Hall–Kier alpha value is -1.79. The summed E-state index contributed by atoms with van der Waals surface area (Å²) in [7, 11) is 3.38. The Balaban J connectivity index is 4.44. The molecule has 0 atom stereocenters. The summed E-state index contributed by atoms with van der Waals surface area (Å²) in [5.74, 6) is 0.621. The molecule has 0 radical (unpaired) electrons. The van der Waals surface area contributed by atoms with Crippen molar-refractivity contribution in [1.29, 1.82) is 0 Å². The summed E-state index contributed by atoms with van der Waals surface area (Å²) < 4.78 is 5.25. The molecule has 0 saturated carbocycles. The number of likely N-dealkylation sites (N-methyl/N-ethyl adjacent to an activating group) is 1. The van der Waals surface area contributed by atoms with Crippen LogP contribution in [0.3, 0.4) is 0 Å². The fraction of sp³-hybridized carbons (Fsp3) is 0.812. The first kappa shape index (κ1) is 21.2. The maximum absolute atomic E-state index is 11.7. The molecule has 0 spiro atoms. The SMILES string of the molecule is CC(C)CNC(=NCC(=O)N(C)C)NCCC(=O)OC(C)(C)C. The van der Waals surface area contributed by atoms with Gasteiger partial charge in [-0.15, -0.1) is 0 Å². The first-order chi connectivity index (χ1) is 10.5. The lowest BCUT2D eigenvalue weighted by atomic mass is 10.2. The predicted molar refractivity (Wildman–Crippen MR) is 92.3 cm³/mol. The van der Waals surface area contributed by atoms with E-state index in [-0.39, 0.29) is 24.8 Å². The van der Waals surface area contributed by atoms with Crippen molar-refractivity contribution in [1.82, 2.24) is 15.5 Å². The second kappa shape index (κ2) is 10.1. The summed E-state index contributed by atoms with van der Waals surface area (Å²) in [6.45, 7) is 10.9. The zero-order chi connectivity index (χ0) is 18.0. The second-order valence-corrected chi connectivity index (χ2v) is 6.99. The number of carbonyl (C=O) groups is 2. The van der Waals surface area contributed by atoms with Gasteiger partial charge in [0.15, 0.2) is 5.96 Å². The fourth-order valence-corrected chi connectivity index (χ4v) is 1.44. The molecule has 0 aromatic rings. The molecule has 0 saturated heterocycles. The van der Waals surface area contributed by atoms with E-state index >= 15 is 0 Å². The van der Waals surface area contributed by atoms with Crippen LogP contribution in [0.25, 0.3) is 0 Å². The van der Waals surface area contributed by atoms with E-state index in [1.54, 1.807) is 14.1 Å². The van der Waals surface area contributed by atoms with E-state index in [9.17, 15) is 9.59 Å². The number of rotatable bonds is 7. The van der Waals surface area contributed by atoms with Crippen LogP contribution in [-0.2, 0) is 14.3 Å². The van der Waals surface area contributed by atoms with Gasteiger partial charge in [-0.25, -0.2) is 4.99 Å². The highest BCUT2D eigenvalue weighted by Gasteiger charge is 2.15. The molecule has 0 aromatic heterocycles. The number of aliphatic imine (C=N–C) groups is 1. The van der Waals surface area contributed by atoms with Gasteiger partial charge in [0.2, 0.25) is 5.91 Å². The molecule has 0 fully saturated rings. The number of nitrogens with zero attached hydrogens (tertiary/aromatic N) is 2. The summed E-state index contributed by atoms with van der Waals surface area (Å²) in [5, 5.41) is 6.20. The molecule has 7 nitrogen and oxygen atoms in total. The van der Waals surface area contributed by atoms with Crippen molar-refractivity contribution in [3.63, 3.8) is 0 Å². The molecule has 0 aliphatic carbocycles. The molecule has 7 heteroatoms. The predicted octanol–water partition coefficient (Wildman–Crippen LogP) is 0.998. The van der Waals surface area contributed by atoms with Gasteiger partial charge >= 0.3 is 5.97 Å². The van der Waals surface area contributed by atoms with Gasteiger partial charge in [0.1, 0.15) is 12.1 Å². The Morgan fingerprint density at radius 3 is 2.26 bits per heavy atom. The molecule has 134 valence electrons. The molecule has 0 heterocycles. The minimum atomic E-state index is -0.484. The van der Waals surface area contributed by atoms with E-state index in [1.807, 2.05) is 20.8 Å². The van der Waals surface area contributed by atoms with E-state index < -0.39 is 5.60 Å². The average molecular weight is 328 g/mol. The molecule has 1 amide bonds. The zero-order valence-electron chi connectivity index (χ0n) is 15.5. The number of ether oxygens (including phenoxy) is 1. The van der Waals surface area contributed by atoms with Gasteiger partial charge in [-0.1, -0.05) is 13.8 Å². The molecule has 0 aromatic carbocycles. The first-order valence-electron chi connectivity index (χ1n) is 7.95. The van der Waals surface area contributed by atoms with Crippen LogP contribution >= 0.6 is 0 Å². The third-order valence-corrected chi connectivity index (χ3v) is 2.59. The van der Waals surface area contributed by atoms with Gasteiger partial charge in [-0.05, 0) is 26.7 Å². The van der Waals surface area contributed by atoms with Crippen molar-refractivity contribution in [3.8, 4) is 0 Å². The molecular weight excluding hydrogens is 296 g/mol. The lowest BCUT2D eigenvalue weighted by molar-refractivity contribution is -0.154. The minimum absolute atomic E-state index is 0.0624. The van der Waals surface area contributed by atoms with E-state index in [4.69, 9.17) is 4.74 Å². The van der Waals surface area contributed by atoms with Gasteiger partial charge in [-0.2, -0.15) is 0 Å². The largest absolute Gasteiger partial charge is 0.460 e. The lowest BCUT2D eigenvalue weighted by Gasteiger charge is -2.20. The van der Waals surface area contributed by atoms with Crippen LogP contribution in [0.5, 0.6) is 0 Å². The Kier molecular flexibility index (Phi) is 9.29. The van der Waals surface area contributed by atoms with Crippen LogP contribution in [0.4, 0.5) is 0 Å². The summed E-state index contributed by atoms with van der Waals surface area (Å²) in [4.78, 5) is 29.0. The van der Waals surface area contributed by atoms with E-state index in [1.165, 1.54) is 4.90 Å². The molecule has 0 aliphatic heterocycles. The van der Waals surface area contributed by atoms with Gasteiger partial charge in [-0.3, -0.25) is 9.59 Å². The molecule has 0 bridgehead atoms. The normalized spacial score (nSPS) is 12.1. The van der Waals surface area contributed by atoms with Gasteiger partial charge in [0.25, 0.3) is 0 Å².